The van der Waals surface area contributed by atoms with Gasteiger partial charge in [0.05, 0.1) is 5.54 Å². The lowest BCUT2D eigenvalue weighted by Gasteiger charge is -2.21. The van der Waals surface area contributed by atoms with Crippen LogP contribution in [0, 0.1) is 6.92 Å². The third-order valence-electron chi connectivity index (χ3n) is 2.86. The van der Waals surface area contributed by atoms with E-state index in [1.54, 1.807) is 11.3 Å². The van der Waals surface area contributed by atoms with Gasteiger partial charge in [-0.05, 0) is 39.3 Å². The smallest absolute Gasteiger partial charge is 0.183 e. The molecule has 1 atom stereocenters. The van der Waals surface area contributed by atoms with Crippen LogP contribution in [0.15, 0.2) is 11.4 Å². The molecule has 2 nitrogen and oxygen atoms in total. The van der Waals surface area contributed by atoms with Gasteiger partial charge in [-0.25, -0.2) is 0 Å². The molecule has 1 unspecified atom stereocenters. The lowest BCUT2D eigenvalue weighted by atomic mass is 9.91. The van der Waals surface area contributed by atoms with Crippen LogP contribution in [0.25, 0.3) is 0 Å². The van der Waals surface area contributed by atoms with Crippen molar-refractivity contribution in [2.75, 3.05) is 6.54 Å². The Labute approximate surface area is 88.3 Å². The minimum Gasteiger partial charge on any atom is -0.305 e. The Morgan fingerprint density at radius 3 is 2.93 bits per heavy atom. The average Bonchev–Trinajstić information content (AvgIpc) is 2.74. The summed E-state index contributed by atoms with van der Waals surface area (Å²) in [4.78, 5) is 13.3. The predicted octanol–water partition coefficient (Wildman–Crippen LogP) is 2.38. The van der Waals surface area contributed by atoms with Crippen LogP contribution in [0.3, 0.4) is 0 Å². The van der Waals surface area contributed by atoms with Crippen LogP contribution in [0.2, 0.25) is 0 Å². The number of hydrogen-bond donors (Lipinski definition) is 1. The zero-order chi connectivity index (χ0) is 10.2. The molecule has 3 heteroatoms. The van der Waals surface area contributed by atoms with E-state index >= 15 is 0 Å². The van der Waals surface area contributed by atoms with Crippen LogP contribution in [0.5, 0.6) is 0 Å². The molecule has 1 fully saturated rings. The number of carbonyl (C=O) groups excluding carboxylic acids is 1. The summed E-state index contributed by atoms with van der Waals surface area (Å²) in [7, 11) is 0. The van der Waals surface area contributed by atoms with E-state index in [0.717, 1.165) is 24.9 Å². The van der Waals surface area contributed by atoms with Crippen molar-refractivity contribution in [3.05, 3.63) is 21.9 Å². The lowest BCUT2D eigenvalue weighted by molar-refractivity contribution is 0.0885. The number of thiophene rings is 1. The molecule has 76 valence electrons. The maximum atomic E-state index is 12.1. The van der Waals surface area contributed by atoms with E-state index in [9.17, 15) is 4.79 Å². The summed E-state index contributed by atoms with van der Waals surface area (Å²) >= 11 is 1.64. The van der Waals surface area contributed by atoms with Gasteiger partial charge in [0, 0.05) is 15.8 Å². The zero-order valence-corrected chi connectivity index (χ0v) is 9.41. The number of hydrogen-bond acceptors (Lipinski definition) is 3. The first kappa shape index (κ1) is 9.87. The molecule has 1 aliphatic rings. The fourth-order valence-electron chi connectivity index (χ4n) is 1.97. The summed E-state index contributed by atoms with van der Waals surface area (Å²) in [5.41, 5.74) is 0.553. The van der Waals surface area contributed by atoms with Gasteiger partial charge in [-0.2, -0.15) is 0 Å². The molecule has 0 spiro atoms. The van der Waals surface area contributed by atoms with Crippen molar-refractivity contribution >= 4 is 17.1 Å². The van der Waals surface area contributed by atoms with E-state index in [0.29, 0.717) is 0 Å². The fourth-order valence-corrected chi connectivity index (χ4v) is 2.65. The standard InChI is InChI=1S/C11H15NOS/c1-8-6-9(7-14-8)10(13)11(2)4-3-5-12-11/h6-7,12H,3-5H2,1-2H3. The maximum Gasteiger partial charge on any atom is 0.183 e. The first-order valence-electron chi connectivity index (χ1n) is 4.97. The van der Waals surface area contributed by atoms with Gasteiger partial charge in [0.1, 0.15) is 0 Å². The van der Waals surface area contributed by atoms with Crippen LogP contribution in [0.1, 0.15) is 35.0 Å². The molecule has 14 heavy (non-hydrogen) atoms. The molecule has 2 heterocycles. The van der Waals surface area contributed by atoms with E-state index in [2.05, 4.69) is 5.32 Å². The molecule has 0 amide bonds. The topological polar surface area (TPSA) is 29.1 Å². The maximum absolute atomic E-state index is 12.1. The quantitative estimate of drug-likeness (QED) is 0.758. The SMILES string of the molecule is Cc1cc(C(=O)C2(C)CCCN2)cs1. The minimum absolute atomic E-state index is 0.249. The van der Waals surface area contributed by atoms with Gasteiger partial charge in [0.15, 0.2) is 5.78 Å². The third kappa shape index (κ3) is 1.62. The second kappa shape index (κ2) is 3.48. The number of Topliss-reactive ketones (excluding diaryl/α,β-unsaturated/α-hetero) is 1. The largest absolute Gasteiger partial charge is 0.305 e. The molecule has 1 N–H and O–H groups in total. The van der Waals surface area contributed by atoms with E-state index in [1.165, 1.54) is 4.88 Å². The molecule has 0 aliphatic carbocycles. The first-order chi connectivity index (χ1) is 6.62. The molecule has 0 aromatic carbocycles. The highest BCUT2D eigenvalue weighted by Gasteiger charge is 2.36. The first-order valence-corrected chi connectivity index (χ1v) is 5.85. The van der Waals surface area contributed by atoms with Gasteiger partial charge in [0.2, 0.25) is 0 Å². The Hall–Kier alpha value is -0.670. The summed E-state index contributed by atoms with van der Waals surface area (Å²) in [6.07, 6.45) is 2.06. The van der Waals surface area contributed by atoms with Gasteiger partial charge in [0.25, 0.3) is 0 Å². The van der Waals surface area contributed by atoms with Crippen molar-refractivity contribution in [1.29, 1.82) is 0 Å². The van der Waals surface area contributed by atoms with Gasteiger partial charge < -0.3 is 5.32 Å². The molecule has 0 radical (unpaired) electrons. The summed E-state index contributed by atoms with van der Waals surface area (Å²) < 4.78 is 0. The van der Waals surface area contributed by atoms with E-state index in [-0.39, 0.29) is 11.3 Å². The number of rotatable bonds is 2. The Morgan fingerprint density at radius 2 is 2.43 bits per heavy atom. The van der Waals surface area contributed by atoms with Gasteiger partial charge in [-0.15, -0.1) is 11.3 Å². The summed E-state index contributed by atoms with van der Waals surface area (Å²) in [5.74, 6) is 0.249. The Kier molecular flexibility index (Phi) is 2.45. The number of aryl methyl sites for hydroxylation is 1. The van der Waals surface area contributed by atoms with Gasteiger partial charge >= 0.3 is 0 Å². The van der Waals surface area contributed by atoms with Crippen LogP contribution in [0.4, 0.5) is 0 Å². The minimum atomic E-state index is -0.312. The molecular weight excluding hydrogens is 194 g/mol. The zero-order valence-electron chi connectivity index (χ0n) is 8.59. The highest BCUT2D eigenvalue weighted by Crippen LogP contribution is 2.25. The second-order valence-corrected chi connectivity index (χ2v) is 5.25. The molecular formula is C11H15NOS. The van der Waals surface area contributed by atoms with Crippen LogP contribution < -0.4 is 5.32 Å². The Bertz CT molecular complexity index is 350. The van der Waals surface area contributed by atoms with Crippen molar-refractivity contribution in [1.82, 2.24) is 5.32 Å². The Morgan fingerprint density at radius 1 is 1.64 bits per heavy atom. The monoisotopic (exact) mass is 209 g/mol. The Balaban J connectivity index is 2.23. The molecule has 1 aliphatic heterocycles. The molecule has 1 aromatic rings. The second-order valence-electron chi connectivity index (χ2n) is 4.14. The predicted molar refractivity (Wildman–Crippen MR) is 59.0 cm³/mol. The summed E-state index contributed by atoms with van der Waals surface area (Å²) in [5, 5.41) is 5.26. The summed E-state index contributed by atoms with van der Waals surface area (Å²) in [6, 6.07) is 1.98. The highest BCUT2D eigenvalue weighted by atomic mass is 32.1. The summed E-state index contributed by atoms with van der Waals surface area (Å²) in [6.45, 7) is 5.01. The van der Waals surface area contributed by atoms with Crippen LogP contribution in [-0.2, 0) is 0 Å². The molecule has 1 saturated heterocycles. The molecule has 1 aromatic heterocycles. The molecule has 0 saturated carbocycles. The van der Waals surface area contributed by atoms with Crippen molar-refractivity contribution in [3.8, 4) is 0 Å². The average molecular weight is 209 g/mol. The van der Waals surface area contributed by atoms with Crippen molar-refractivity contribution in [2.24, 2.45) is 0 Å². The van der Waals surface area contributed by atoms with E-state index < -0.39 is 0 Å². The van der Waals surface area contributed by atoms with Gasteiger partial charge in [-0.1, -0.05) is 0 Å². The lowest BCUT2D eigenvalue weighted by Crippen LogP contribution is -2.44. The van der Waals surface area contributed by atoms with Crippen molar-refractivity contribution < 1.29 is 4.79 Å². The van der Waals surface area contributed by atoms with Crippen molar-refractivity contribution in [3.63, 3.8) is 0 Å². The van der Waals surface area contributed by atoms with Crippen LogP contribution >= 0.6 is 11.3 Å². The normalized spacial score (nSPS) is 26.7. The number of ketones is 1. The molecule has 2 rings (SSSR count). The third-order valence-corrected chi connectivity index (χ3v) is 3.72. The number of nitrogens with one attached hydrogen (secondary N) is 1. The van der Waals surface area contributed by atoms with E-state index in [4.69, 9.17) is 0 Å². The number of carbonyl (C=O) groups is 1. The molecule has 0 bridgehead atoms. The highest BCUT2D eigenvalue weighted by molar-refractivity contribution is 7.10. The van der Waals surface area contributed by atoms with Crippen molar-refractivity contribution in [2.45, 2.75) is 32.2 Å². The fraction of sp³-hybridized carbons (Fsp3) is 0.545. The van der Waals surface area contributed by atoms with Crippen LogP contribution in [-0.4, -0.2) is 17.9 Å². The van der Waals surface area contributed by atoms with Gasteiger partial charge in [-0.3, -0.25) is 4.79 Å². The van der Waals surface area contributed by atoms with E-state index in [1.807, 2.05) is 25.3 Å².